The molecule has 1 N–H and O–H groups in total. The van der Waals surface area contributed by atoms with E-state index >= 15 is 0 Å². The highest BCUT2D eigenvalue weighted by Gasteiger charge is 2.20. The Morgan fingerprint density at radius 2 is 2.28 bits per heavy atom. The van der Waals surface area contributed by atoms with Gasteiger partial charge in [0.05, 0.1) is 11.3 Å². The molecule has 18 heavy (non-hydrogen) atoms. The summed E-state index contributed by atoms with van der Waals surface area (Å²) < 4.78 is 5.62. The van der Waals surface area contributed by atoms with E-state index < -0.39 is 0 Å². The van der Waals surface area contributed by atoms with Crippen molar-refractivity contribution in [3.05, 3.63) is 35.0 Å². The molecule has 0 saturated carbocycles. The Labute approximate surface area is 112 Å². The Kier molecular flexibility index (Phi) is 3.29. The third kappa shape index (κ3) is 2.14. The Balaban J connectivity index is 1.96. The molecule has 2 aromatic rings. The topological polar surface area (TPSA) is 28.4 Å². The van der Waals surface area contributed by atoms with E-state index in [0.29, 0.717) is 11.1 Å². The molecule has 1 aliphatic rings. The van der Waals surface area contributed by atoms with Crippen LogP contribution in [0.1, 0.15) is 18.0 Å². The van der Waals surface area contributed by atoms with Crippen molar-refractivity contribution in [2.45, 2.75) is 12.5 Å². The van der Waals surface area contributed by atoms with Crippen LogP contribution in [0.5, 0.6) is 0 Å². The van der Waals surface area contributed by atoms with Gasteiger partial charge in [-0.2, -0.15) is 0 Å². The standard InChI is InChI=1S/C14H17ClN2O/c1-17-7-5-13(16-6-8-17)11-9-18-14-10(11)3-2-4-12(14)15/h2-4,9,13,16H,5-8H2,1H3. The maximum Gasteiger partial charge on any atom is 0.152 e. The molecule has 0 aliphatic carbocycles. The van der Waals surface area contributed by atoms with Crippen molar-refractivity contribution in [2.75, 3.05) is 26.7 Å². The lowest BCUT2D eigenvalue weighted by Gasteiger charge is -2.14. The lowest BCUT2D eigenvalue weighted by Crippen LogP contribution is -2.24. The zero-order valence-corrected chi connectivity index (χ0v) is 11.2. The van der Waals surface area contributed by atoms with E-state index in [4.69, 9.17) is 16.0 Å². The van der Waals surface area contributed by atoms with Gasteiger partial charge in [-0.25, -0.2) is 0 Å². The van der Waals surface area contributed by atoms with Crippen molar-refractivity contribution in [3.63, 3.8) is 0 Å². The van der Waals surface area contributed by atoms with E-state index in [0.717, 1.165) is 37.0 Å². The van der Waals surface area contributed by atoms with E-state index in [2.05, 4.69) is 23.3 Å². The number of para-hydroxylation sites is 1. The summed E-state index contributed by atoms with van der Waals surface area (Å²) in [6.07, 6.45) is 2.94. The number of nitrogens with zero attached hydrogens (tertiary/aromatic N) is 1. The first-order valence-corrected chi connectivity index (χ1v) is 6.71. The normalized spacial score (nSPS) is 22.2. The molecule has 0 amide bonds. The number of fused-ring (bicyclic) bond motifs is 1. The molecular weight excluding hydrogens is 248 g/mol. The third-order valence-electron chi connectivity index (χ3n) is 3.64. The molecule has 1 aliphatic heterocycles. The first-order chi connectivity index (χ1) is 8.75. The van der Waals surface area contributed by atoms with Gasteiger partial charge in [0.2, 0.25) is 0 Å². The van der Waals surface area contributed by atoms with Gasteiger partial charge in [0.1, 0.15) is 0 Å². The number of hydrogen-bond donors (Lipinski definition) is 1. The van der Waals surface area contributed by atoms with Crippen molar-refractivity contribution < 1.29 is 4.42 Å². The largest absolute Gasteiger partial charge is 0.462 e. The van der Waals surface area contributed by atoms with Crippen molar-refractivity contribution in [2.24, 2.45) is 0 Å². The molecule has 1 aromatic heterocycles. The molecule has 3 rings (SSSR count). The van der Waals surface area contributed by atoms with Gasteiger partial charge in [0, 0.05) is 30.1 Å². The van der Waals surface area contributed by atoms with Gasteiger partial charge >= 0.3 is 0 Å². The summed E-state index contributed by atoms with van der Waals surface area (Å²) in [4.78, 5) is 2.35. The van der Waals surface area contributed by atoms with E-state index in [1.165, 1.54) is 5.56 Å². The Bertz CT molecular complexity index is 552. The maximum absolute atomic E-state index is 6.14. The summed E-state index contributed by atoms with van der Waals surface area (Å²) in [6, 6.07) is 6.28. The summed E-state index contributed by atoms with van der Waals surface area (Å²) in [6.45, 7) is 3.20. The average molecular weight is 265 g/mol. The van der Waals surface area contributed by atoms with E-state index in [1.54, 1.807) is 0 Å². The Hall–Kier alpha value is -1.03. The van der Waals surface area contributed by atoms with Crippen LogP contribution in [0.4, 0.5) is 0 Å². The molecule has 2 heterocycles. The quantitative estimate of drug-likeness (QED) is 0.858. The molecule has 1 aromatic carbocycles. The molecule has 4 heteroatoms. The smallest absolute Gasteiger partial charge is 0.152 e. The maximum atomic E-state index is 6.14. The Morgan fingerprint density at radius 1 is 1.39 bits per heavy atom. The van der Waals surface area contributed by atoms with Crippen LogP contribution in [-0.4, -0.2) is 31.6 Å². The van der Waals surface area contributed by atoms with Crippen LogP contribution in [0.15, 0.2) is 28.9 Å². The van der Waals surface area contributed by atoms with Crippen LogP contribution in [-0.2, 0) is 0 Å². The second kappa shape index (κ2) is 4.92. The van der Waals surface area contributed by atoms with E-state index in [9.17, 15) is 0 Å². The molecule has 1 saturated heterocycles. The predicted molar refractivity (Wildman–Crippen MR) is 74.1 cm³/mol. The van der Waals surface area contributed by atoms with Crippen LogP contribution in [0.2, 0.25) is 5.02 Å². The number of rotatable bonds is 1. The number of benzene rings is 1. The number of hydrogen-bond acceptors (Lipinski definition) is 3. The van der Waals surface area contributed by atoms with E-state index in [1.807, 2.05) is 18.4 Å². The van der Waals surface area contributed by atoms with Crippen LogP contribution in [0.25, 0.3) is 11.0 Å². The monoisotopic (exact) mass is 264 g/mol. The highest BCUT2D eigenvalue weighted by Crippen LogP contribution is 2.32. The average Bonchev–Trinajstić information content (AvgIpc) is 2.68. The first kappa shape index (κ1) is 12.0. The minimum absolute atomic E-state index is 0.356. The van der Waals surface area contributed by atoms with Gasteiger partial charge < -0.3 is 14.6 Å². The summed E-state index contributed by atoms with van der Waals surface area (Å²) in [5.41, 5.74) is 2.02. The fourth-order valence-corrected chi connectivity index (χ4v) is 2.79. The molecule has 0 radical (unpaired) electrons. The lowest BCUT2D eigenvalue weighted by atomic mass is 10.0. The van der Waals surface area contributed by atoms with Crippen LogP contribution >= 0.6 is 11.6 Å². The van der Waals surface area contributed by atoms with Gasteiger partial charge in [-0.05, 0) is 26.1 Å². The molecule has 96 valence electrons. The second-order valence-electron chi connectivity index (χ2n) is 4.91. The van der Waals surface area contributed by atoms with Gasteiger partial charge in [-0.3, -0.25) is 0 Å². The Morgan fingerprint density at radius 3 is 3.17 bits per heavy atom. The van der Waals surface area contributed by atoms with Crippen LogP contribution in [0.3, 0.4) is 0 Å². The van der Waals surface area contributed by atoms with Crippen molar-refractivity contribution in [1.82, 2.24) is 10.2 Å². The minimum Gasteiger partial charge on any atom is -0.462 e. The third-order valence-corrected chi connectivity index (χ3v) is 3.94. The number of furan rings is 1. The first-order valence-electron chi connectivity index (χ1n) is 6.33. The van der Waals surface area contributed by atoms with E-state index in [-0.39, 0.29) is 0 Å². The minimum atomic E-state index is 0.356. The zero-order valence-electron chi connectivity index (χ0n) is 10.4. The van der Waals surface area contributed by atoms with Gasteiger partial charge in [-0.15, -0.1) is 0 Å². The van der Waals surface area contributed by atoms with Gasteiger partial charge in [-0.1, -0.05) is 23.7 Å². The molecule has 0 spiro atoms. The fraction of sp³-hybridized carbons (Fsp3) is 0.429. The van der Waals surface area contributed by atoms with Gasteiger partial charge in [0.15, 0.2) is 5.58 Å². The summed E-state index contributed by atoms with van der Waals surface area (Å²) >= 11 is 6.14. The summed E-state index contributed by atoms with van der Waals surface area (Å²) in [5, 5.41) is 5.40. The summed E-state index contributed by atoms with van der Waals surface area (Å²) in [7, 11) is 2.16. The lowest BCUT2D eigenvalue weighted by molar-refractivity contribution is 0.355. The fourth-order valence-electron chi connectivity index (χ4n) is 2.57. The molecular formula is C14H17ClN2O. The van der Waals surface area contributed by atoms with Crippen LogP contribution < -0.4 is 5.32 Å². The number of nitrogens with one attached hydrogen (secondary N) is 1. The number of halogens is 1. The molecule has 0 bridgehead atoms. The van der Waals surface area contributed by atoms with Gasteiger partial charge in [0.25, 0.3) is 0 Å². The second-order valence-corrected chi connectivity index (χ2v) is 5.31. The molecule has 1 atom stereocenters. The highest BCUT2D eigenvalue weighted by atomic mass is 35.5. The summed E-state index contributed by atoms with van der Waals surface area (Å²) in [5.74, 6) is 0. The highest BCUT2D eigenvalue weighted by molar-refractivity contribution is 6.34. The van der Waals surface area contributed by atoms with Crippen molar-refractivity contribution in [3.8, 4) is 0 Å². The van der Waals surface area contributed by atoms with Crippen molar-refractivity contribution >= 4 is 22.6 Å². The molecule has 1 fully saturated rings. The molecule has 1 unspecified atom stereocenters. The molecule has 3 nitrogen and oxygen atoms in total. The van der Waals surface area contributed by atoms with Crippen molar-refractivity contribution in [1.29, 1.82) is 0 Å². The zero-order chi connectivity index (χ0) is 12.5. The number of likely N-dealkylation sites (N-methyl/N-ethyl adjacent to an activating group) is 1. The van der Waals surface area contributed by atoms with Crippen LogP contribution in [0, 0.1) is 0 Å². The SMILES string of the molecule is CN1CCNC(c2coc3c(Cl)cccc23)CC1. The predicted octanol–water partition coefficient (Wildman–Crippen LogP) is 3.05.